The van der Waals surface area contributed by atoms with Gasteiger partial charge in [0.05, 0.1) is 5.56 Å². The minimum atomic E-state index is -0.460. The Morgan fingerprint density at radius 2 is 1.67 bits per heavy atom. The molecule has 0 atom stereocenters. The summed E-state index contributed by atoms with van der Waals surface area (Å²) in [6, 6.07) is 9.96. The van der Waals surface area contributed by atoms with Crippen molar-refractivity contribution in [2.75, 3.05) is 45.9 Å². The normalized spacial score (nSPS) is 14.1. The fourth-order valence-corrected chi connectivity index (χ4v) is 5.99. The van der Waals surface area contributed by atoms with E-state index in [-0.39, 0.29) is 5.78 Å². The van der Waals surface area contributed by atoms with Gasteiger partial charge in [0.15, 0.2) is 5.78 Å². The van der Waals surface area contributed by atoms with Crippen LogP contribution in [-0.4, -0.2) is 71.0 Å². The third-order valence-electron chi connectivity index (χ3n) is 8.43. The zero-order chi connectivity index (χ0) is 28.3. The van der Waals surface area contributed by atoms with Crippen LogP contribution in [-0.2, 0) is 18.4 Å². The molecule has 0 saturated carbocycles. The van der Waals surface area contributed by atoms with E-state index in [9.17, 15) is 10.1 Å². The highest BCUT2D eigenvalue weighted by atomic mass is 16.5. The maximum atomic E-state index is 14.2. The average molecular weight is 530 g/mol. The summed E-state index contributed by atoms with van der Waals surface area (Å²) in [7, 11) is 0. The molecule has 0 bridgehead atoms. The van der Waals surface area contributed by atoms with Gasteiger partial charge in [-0.05, 0) is 68.0 Å². The number of aromatic nitrogens is 2. The number of benzene rings is 1. The zero-order valence-corrected chi connectivity index (χ0v) is 24.7. The minimum absolute atomic E-state index is 0.0295. The van der Waals surface area contributed by atoms with E-state index >= 15 is 0 Å². The standard InChI is InChI=1S/C32H43N5O2/c1-8-22-19-25-26(20-27(22)39-18-17-36(11-4)12-5)32(6,7)30-28(29(25)38)24-14-13-23(21-33)34-31(24)37(30)16-15-35(9-2)10-3/h13-14,19-20H,8-12,15-18H2,1-7H3. The van der Waals surface area contributed by atoms with Crippen LogP contribution in [0.25, 0.3) is 11.0 Å². The van der Waals surface area contributed by atoms with E-state index in [1.165, 1.54) is 0 Å². The molecular formula is C32H43N5O2. The molecular weight excluding hydrogens is 486 g/mol. The van der Waals surface area contributed by atoms with E-state index in [2.05, 4.69) is 75.0 Å². The molecule has 2 heterocycles. The fraction of sp³-hybridized carbons (Fsp3) is 0.531. The van der Waals surface area contributed by atoms with Crippen molar-refractivity contribution in [1.82, 2.24) is 19.4 Å². The Morgan fingerprint density at radius 3 is 2.28 bits per heavy atom. The van der Waals surface area contributed by atoms with Crippen LogP contribution in [0.2, 0.25) is 0 Å². The van der Waals surface area contributed by atoms with Gasteiger partial charge in [-0.1, -0.05) is 48.5 Å². The van der Waals surface area contributed by atoms with Gasteiger partial charge in [-0.2, -0.15) is 5.26 Å². The lowest BCUT2D eigenvalue weighted by Crippen LogP contribution is -2.34. The number of carbonyl (C=O) groups excluding carboxylic acids is 1. The summed E-state index contributed by atoms with van der Waals surface area (Å²) in [5, 5.41) is 10.4. The van der Waals surface area contributed by atoms with Gasteiger partial charge in [0.2, 0.25) is 0 Å². The second-order valence-corrected chi connectivity index (χ2v) is 10.8. The third kappa shape index (κ3) is 5.20. The first-order valence-corrected chi connectivity index (χ1v) is 14.5. The van der Waals surface area contributed by atoms with Crippen LogP contribution in [0.5, 0.6) is 5.75 Å². The van der Waals surface area contributed by atoms with Gasteiger partial charge < -0.3 is 19.1 Å². The van der Waals surface area contributed by atoms with Crippen LogP contribution in [0.4, 0.5) is 0 Å². The highest BCUT2D eigenvalue weighted by molar-refractivity contribution is 6.20. The van der Waals surface area contributed by atoms with Crippen molar-refractivity contribution in [2.24, 2.45) is 0 Å². The number of carbonyl (C=O) groups is 1. The van der Waals surface area contributed by atoms with E-state index < -0.39 is 5.41 Å². The van der Waals surface area contributed by atoms with Crippen molar-refractivity contribution >= 4 is 16.8 Å². The number of aryl methyl sites for hydroxylation is 1. The van der Waals surface area contributed by atoms with E-state index in [1.807, 2.05) is 12.1 Å². The number of ketones is 1. The summed E-state index contributed by atoms with van der Waals surface area (Å²) in [5.41, 5.74) is 5.09. The predicted molar refractivity (Wildman–Crippen MR) is 157 cm³/mol. The molecule has 0 radical (unpaired) electrons. The topological polar surface area (TPSA) is 74.4 Å². The number of nitrogens with zero attached hydrogens (tertiary/aromatic N) is 5. The molecule has 3 aromatic rings. The summed E-state index contributed by atoms with van der Waals surface area (Å²) in [4.78, 5) is 23.7. The molecule has 7 heteroatoms. The number of nitriles is 1. The fourth-order valence-electron chi connectivity index (χ4n) is 5.99. The maximum Gasteiger partial charge on any atom is 0.195 e. The van der Waals surface area contributed by atoms with Crippen LogP contribution in [0.1, 0.15) is 86.9 Å². The molecule has 39 heavy (non-hydrogen) atoms. The first-order valence-electron chi connectivity index (χ1n) is 14.5. The first kappa shape index (κ1) is 28.8. The molecule has 1 aromatic carbocycles. The number of hydrogen-bond donors (Lipinski definition) is 0. The predicted octanol–water partition coefficient (Wildman–Crippen LogP) is 5.40. The van der Waals surface area contributed by atoms with E-state index in [4.69, 9.17) is 9.72 Å². The Morgan fingerprint density at radius 1 is 1.00 bits per heavy atom. The van der Waals surface area contributed by atoms with Crippen molar-refractivity contribution in [3.63, 3.8) is 0 Å². The van der Waals surface area contributed by atoms with Gasteiger partial charge in [0.25, 0.3) is 0 Å². The van der Waals surface area contributed by atoms with Crippen LogP contribution in [0, 0.1) is 11.3 Å². The third-order valence-corrected chi connectivity index (χ3v) is 8.43. The van der Waals surface area contributed by atoms with Gasteiger partial charge in [-0.15, -0.1) is 0 Å². The molecule has 208 valence electrons. The summed E-state index contributed by atoms with van der Waals surface area (Å²) in [5.74, 6) is 0.894. The van der Waals surface area contributed by atoms with Crippen LogP contribution in [0.3, 0.4) is 0 Å². The van der Waals surface area contributed by atoms with Crippen LogP contribution in [0.15, 0.2) is 24.3 Å². The summed E-state index contributed by atoms with van der Waals surface area (Å²) >= 11 is 0. The van der Waals surface area contributed by atoms with Gasteiger partial charge in [-0.25, -0.2) is 4.98 Å². The van der Waals surface area contributed by atoms with E-state index in [0.29, 0.717) is 24.5 Å². The molecule has 7 nitrogen and oxygen atoms in total. The van der Waals surface area contributed by atoms with Gasteiger partial charge >= 0.3 is 0 Å². The monoisotopic (exact) mass is 529 g/mol. The SMILES string of the molecule is CCc1cc2c(cc1OCCN(CC)CC)C(C)(C)c1c(c3ccc(C#N)nc3n1CCN(CC)CC)C2=O. The van der Waals surface area contributed by atoms with Crippen molar-refractivity contribution in [3.8, 4) is 11.8 Å². The van der Waals surface area contributed by atoms with E-state index in [0.717, 1.165) is 84.8 Å². The molecule has 1 aliphatic rings. The van der Waals surface area contributed by atoms with Crippen molar-refractivity contribution < 1.29 is 9.53 Å². The summed E-state index contributed by atoms with van der Waals surface area (Å²) in [6.07, 6.45) is 0.785. The van der Waals surface area contributed by atoms with Gasteiger partial charge in [0.1, 0.15) is 29.8 Å². The lowest BCUT2D eigenvalue weighted by Gasteiger charge is -2.35. The molecule has 0 unspecified atom stereocenters. The van der Waals surface area contributed by atoms with Crippen molar-refractivity contribution in [1.29, 1.82) is 5.26 Å². The smallest absolute Gasteiger partial charge is 0.195 e. The molecule has 0 spiro atoms. The summed E-state index contributed by atoms with van der Waals surface area (Å²) in [6.45, 7) is 22.1. The molecule has 1 aliphatic carbocycles. The lowest BCUT2D eigenvalue weighted by molar-refractivity contribution is 0.103. The number of fused-ring (bicyclic) bond motifs is 4. The van der Waals surface area contributed by atoms with Crippen molar-refractivity contribution in [3.05, 3.63) is 57.9 Å². The molecule has 2 aromatic heterocycles. The van der Waals surface area contributed by atoms with E-state index in [1.54, 1.807) is 6.07 Å². The maximum absolute atomic E-state index is 14.2. The lowest BCUT2D eigenvalue weighted by atomic mass is 9.70. The number of pyridine rings is 1. The Labute approximate surface area is 233 Å². The number of ether oxygens (including phenoxy) is 1. The second-order valence-electron chi connectivity index (χ2n) is 10.8. The quantitative estimate of drug-likeness (QED) is 0.313. The van der Waals surface area contributed by atoms with Crippen LogP contribution < -0.4 is 4.74 Å². The number of rotatable bonds is 12. The molecule has 0 amide bonds. The minimum Gasteiger partial charge on any atom is -0.492 e. The Balaban J connectivity index is 1.86. The Kier molecular flexibility index (Phi) is 8.78. The van der Waals surface area contributed by atoms with Crippen LogP contribution >= 0.6 is 0 Å². The first-order chi connectivity index (χ1) is 18.7. The average Bonchev–Trinajstić information content (AvgIpc) is 3.29. The second kappa shape index (κ2) is 11.9. The Bertz CT molecular complexity index is 1390. The van der Waals surface area contributed by atoms with Gasteiger partial charge in [-0.3, -0.25) is 4.79 Å². The number of hydrogen-bond acceptors (Lipinski definition) is 6. The molecule has 0 aliphatic heterocycles. The molecule has 0 fully saturated rings. The Hall–Kier alpha value is -3.21. The summed E-state index contributed by atoms with van der Waals surface area (Å²) < 4.78 is 8.55. The van der Waals surface area contributed by atoms with Gasteiger partial charge in [0, 0.05) is 41.7 Å². The largest absolute Gasteiger partial charge is 0.492 e. The highest BCUT2D eigenvalue weighted by Crippen LogP contribution is 2.47. The molecule has 4 rings (SSSR count). The zero-order valence-electron chi connectivity index (χ0n) is 24.7. The van der Waals surface area contributed by atoms with Crippen molar-refractivity contribution in [2.45, 2.75) is 66.8 Å². The molecule has 0 saturated heterocycles. The highest BCUT2D eigenvalue weighted by Gasteiger charge is 2.42. The number of likely N-dealkylation sites (N-methyl/N-ethyl adjacent to an activating group) is 2. The molecule has 0 N–H and O–H groups in total.